The van der Waals surface area contributed by atoms with Crippen molar-refractivity contribution in [2.75, 3.05) is 32.7 Å². The first-order valence-electron chi connectivity index (χ1n) is 11.9. The Bertz CT molecular complexity index is 1260. The van der Waals surface area contributed by atoms with Crippen LogP contribution in [0, 0.1) is 27.7 Å². The van der Waals surface area contributed by atoms with E-state index in [0.29, 0.717) is 30.3 Å². The highest BCUT2D eigenvalue weighted by molar-refractivity contribution is 7.89. The zero-order valence-corrected chi connectivity index (χ0v) is 21.6. The summed E-state index contributed by atoms with van der Waals surface area (Å²) in [5.41, 5.74) is 5.22. The smallest absolute Gasteiger partial charge is 0.246 e. The molecule has 3 aromatic rings. The first-order valence-corrected chi connectivity index (χ1v) is 13.4. The Morgan fingerprint density at radius 2 is 1.65 bits per heavy atom. The number of aromatic nitrogens is 4. The highest BCUT2D eigenvalue weighted by atomic mass is 32.2. The molecule has 0 amide bonds. The topological polar surface area (TPSA) is 84.2 Å². The third kappa shape index (κ3) is 4.78. The number of aryl methyl sites for hydroxylation is 3. The van der Waals surface area contributed by atoms with Gasteiger partial charge < -0.3 is 4.90 Å². The molecule has 3 heterocycles. The van der Waals surface area contributed by atoms with Gasteiger partial charge >= 0.3 is 0 Å². The quantitative estimate of drug-likeness (QED) is 0.511. The van der Waals surface area contributed by atoms with Gasteiger partial charge in [0.2, 0.25) is 10.0 Å². The van der Waals surface area contributed by atoms with Gasteiger partial charge in [-0.2, -0.15) is 9.40 Å². The summed E-state index contributed by atoms with van der Waals surface area (Å²) in [6.45, 7) is 13.4. The van der Waals surface area contributed by atoms with Crippen LogP contribution in [0.15, 0.2) is 35.2 Å². The molecular formula is C25H34N6O2S. The molecule has 4 rings (SSSR count). The average Bonchev–Trinajstić information content (AvgIpc) is 3.14. The minimum Gasteiger partial charge on any atom is -0.301 e. The summed E-state index contributed by atoms with van der Waals surface area (Å²) >= 11 is 0. The van der Waals surface area contributed by atoms with Crippen molar-refractivity contribution in [1.29, 1.82) is 0 Å². The van der Waals surface area contributed by atoms with Crippen LogP contribution in [0.3, 0.4) is 0 Å². The fourth-order valence-corrected chi connectivity index (χ4v) is 6.20. The lowest BCUT2D eigenvalue weighted by Crippen LogP contribution is -2.48. The molecule has 0 aliphatic carbocycles. The maximum atomic E-state index is 13.5. The summed E-state index contributed by atoms with van der Waals surface area (Å²) in [4.78, 5) is 2.61. The monoisotopic (exact) mass is 482 g/mol. The summed E-state index contributed by atoms with van der Waals surface area (Å²) in [6, 6.07) is 9.92. The van der Waals surface area contributed by atoms with Crippen molar-refractivity contribution in [1.82, 2.24) is 29.2 Å². The lowest BCUT2D eigenvalue weighted by Gasteiger charge is -2.33. The largest absolute Gasteiger partial charge is 0.301 e. The Morgan fingerprint density at radius 3 is 2.26 bits per heavy atom. The van der Waals surface area contributed by atoms with Crippen LogP contribution >= 0.6 is 0 Å². The third-order valence-electron chi connectivity index (χ3n) is 6.65. The van der Waals surface area contributed by atoms with Crippen LogP contribution < -0.4 is 0 Å². The Labute approximate surface area is 202 Å². The summed E-state index contributed by atoms with van der Waals surface area (Å²) < 4.78 is 30.2. The second kappa shape index (κ2) is 9.93. The van der Waals surface area contributed by atoms with Crippen molar-refractivity contribution in [2.24, 2.45) is 0 Å². The van der Waals surface area contributed by atoms with Gasteiger partial charge in [0.15, 0.2) is 5.82 Å². The molecule has 2 aromatic heterocycles. The number of hydrogen-bond acceptors (Lipinski definition) is 6. The fraction of sp³-hybridized carbons (Fsp3) is 0.480. The molecule has 0 radical (unpaired) electrons. The lowest BCUT2D eigenvalue weighted by atomic mass is 10.0. The van der Waals surface area contributed by atoms with Crippen molar-refractivity contribution < 1.29 is 8.42 Å². The summed E-state index contributed by atoms with van der Waals surface area (Å²) in [6.07, 6.45) is 2.28. The zero-order valence-electron chi connectivity index (χ0n) is 20.7. The molecule has 0 N–H and O–H groups in total. The van der Waals surface area contributed by atoms with Gasteiger partial charge in [-0.25, -0.2) is 13.1 Å². The summed E-state index contributed by atoms with van der Waals surface area (Å²) in [5.74, 6) is 0.499. The molecule has 34 heavy (non-hydrogen) atoms. The Kier molecular flexibility index (Phi) is 7.16. The molecule has 1 aliphatic heterocycles. The van der Waals surface area contributed by atoms with E-state index in [4.69, 9.17) is 0 Å². The summed E-state index contributed by atoms with van der Waals surface area (Å²) in [7, 11) is -3.64. The molecular weight excluding hydrogens is 448 g/mol. The standard InChI is InChI=1S/C25H34N6O2S/c1-6-7-12-29-13-15-30(16-14-29)34(32,33)25-20(4)28-31(21(25)5)24-11-10-23(26-27-24)22-9-8-18(2)19(3)17-22/h8-11,17H,6-7,12-16H2,1-5H3. The van der Waals surface area contributed by atoms with Crippen molar-refractivity contribution in [3.63, 3.8) is 0 Å². The van der Waals surface area contributed by atoms with Crippen LogP contribution in [-0.4, -0.2) is 70.3 Å². The molecule has 0 atom stereocenters. The highest BCUT2D eigenvalue weighted by Crippen LogP contribution is 2.27. The number of nitrogens with zero attached hydrogens (tertiary/aromatic N) is 6. The van der Waals surface area contributed by atoms with E-state index in [1.54, 1.807) is 22.8 Å². The van der Waals surface area contributed by atoms with E-state index in [-0.39, 0.29) is 4.90 Å². The summed E-state index contributed by atoms with van der Waals surface area (Å²) in [5, 5.41) is 13.3. The third-order valence-corrected chi connectivity index (χ3v) is 8.80. The van der Waals surface area contributed by atoms with Gasteiger partial charge in [0.25, 0.3) is 0 Å². The van der Waals surface area contributed by atoms with Crippen LogP contribution in [0.1, 0.15) is 42.3 Å². The minimum absolute atomic E-state index is 0.273. The Morgan fingerprint density at radius 1 is 0.912 bits per heavy atom. The number of hydrogen-bond donors (Lipinski definition) is 0. The average molecular weight is 483 g/mol. The van der Waals surface area contributed by atoms with E-state index in [2.05, 4.69) is 53.1 Å². The molecule has 1 saturated heterocycles. The van der Waals surface area contributed by atoms with Crippen molar-refractivity contribution in [2.45, 2.75) is 52.4 Å². The molecule has 182 valence electrons. The lowest BCUT2D eigenvalue weighted by molar-refractivity contribution is 0.186. The SMILES string of the molecule is CCCCN1CCN(S(=O)(=O)c2c(C)nn(-c3ccc(-c4ccc(C)c(C)c4)nn3)c2C)CC1. The van der Waals surface area contributed by atoms with Crippen molar-refractivity contribution in [3.05, 3.63) is 52.8 Å². The number of rotatable bonds is 7. The van der Waals surface area contributed by atoms with E-state index in [1.807, 2.05) is 18.2 Å². The number of benzene rings is 1. The van der Waals surface area contributed by atoms with Gasteiger partial charge in [-0.3, -0.25) is 0 Å². The predicted octanol–water partition coefficient (Wildman–Crippen LogP) is 3.67. The van der Waals surface area contributed by atoms with Crippen molar-refractivity contribution >= 4 is 10.0 Å². The highest BCUT2D eigenvalue weighted by Gasteiger charge is 2.33. The van der Waals surface area contributed by atoms with E-state index < -0.39 is 10.0 Å². The molecule has 0 saturated carbocycles. The maximum absolute atomic E-state index is 13.5. The Balaban J connectivity index is 1.57. The molecule has 1 aliphatic rings. The van der Waals surface area contributed by atoms with Gasteiger partial charge in [-0.05, 0) is 70.0 Å². The fourth-order valence-electron chi connectivity index (χ4n) is 4.42. The van der Waals surface area contributed by atoms with Crippen LogP contribution in [0.2, 0.25) is 0 Å². The normalized spacial score (nSPS) is 15.7. The molecule has 0 unspecified atom stereocenters. The Hall–Kier alpha value is -2.62. The van der Waals surface area contributed by atoms with Gasteiger partial charge in [0.1, 0.15) is 4.90 Å². The van der Waals surface area contributed by atoms with Gasteiger partial charge in [-0.1, -0.05) is 25.5 Å². The minimum atomic E-state index is -3.64. The van der Waals surface area contributed by atoms with Crippen LogP contribution in [0.4, 0.5) is 0 Å². The van der Waals surface area contributed by atoms with Crippen LogP contribution in [-0.2, 0) is 10.0 Å². The van der Waals surface area contributed by atoms with Gasteiger partial charge in [0.05, 0.1) is 17.1 Å². The first-order chi connectivity index (χ1) is 16.2. The first kappa shape index (κ1) is 24.5. The van der Waals surface area contributed by atoms with E-state index in [1.165, 1.54) is 11.1 Å². The number of unbranched alkanes of at least 4 members (excludes halogenated alkanes) is 1. The van der Waals surface area contributed by atoms with E-state index in [0.717, 1.165) is 43.7 Å². The van der Waals surface area contributed by atoms with Crippen LogP contribution in [0.5, 0.6) is 0 Å². The molecule has 9 heteroatoms. The molecule has 0 bridgehead atoms. The van der Waals surface area contributed by atoms with E-state index >= 15 is 0 Å². The number of piperazine rings is 1. The van der Waals surface area contributed by atoms with Crippen LogP contribution in [0.25, 0.3) is 17.1 Å². The molecule has 8 nitrogen and oxygen atoms in total. The van der Waals surface area contributed by atoms with E-state index in [9.17, 15) is 8.42 Å². The second-order valence-corrected chi connectivity index (χ2v) is 11.0. The zero-order chi connectivity index (χ0) is 24.5. The molecule has 0 spiro atoms. The molecule has 1 fully saturated rings. The van der Waals surface area contributed by atoms with Gasteiger partial charge in [-0.15, -0.1) is 10.2 Å². The molecule has 1 aromatic carbocycles. The van der Waals surface area contributed by atoms with Gasteiger partial charge in [0, 0.05) is 31.7 Å². The number of sulfonamides is 1. The van der Waals surface area contributed by atoms with Crippen molar-refractivity contribution in [3.8, 4) is 17.1 Å². The second-order valence-electron chi connectivity index (χ2n) is 9.09. The predicted molar refractivity (Wildman–Crippen MR) is 134 cm³/mol. The maximum Gasteiger partial charge on any atom is 0.246 e.